The van der Waals surface area contributed by atoms with Crippen LogP contribution in [0.15, 0.2) is 24.3 Å². The lowest BCUT2D eigenvalue weighted by Gasteiger charge is -2.36. The molecule has 2 atom stereocenters. The predicted molar refractivity (Wildman–Crippen MR) is 83.7 cm³/mol. The van der Waals surface area contributed by atoms with Crippen LogP contribution in [-0.4, -0.2) is 31.1 Å². The van der Waals surface area contributed by atoms with Gasteiger partial charge < -0.3 is 10.2 Å². The molecule has 0 aromatic heterocycles. The molecule has 1 aromatic rings. The van der Waals surface area contributed by atoms with Gasteiger partial charge in [-0.3, -0.25) is 0 Å². The Morgan fingerprint density at radius 3 is 2.79 bits per heavy atom. The van der Waals surface area contributed by atoms with Crippen molar-refractivity contribution in [1.29, 1.82) is 0 Å². The number of likely N-dealkylation sites (N-methyl/N-ethyl adjacent to an activating group) is 1. The summed E-state index contributed by atoms with van der Waals surface area (Å²) in [5.74, 6) is 0.859. The highest BCUT2D eigenvalue weighted by atomic mass is 15.1. The fourth-order valence-electron chi connectivity index (χ4n) is 3.25. The molecule has 1 N–H and O–H groups in total. The van der Waals surface area contributed by atoms with E-state index < -0.39 is 0 Å². The van der Waals surface area contributed by atoms with Gasteiger partial charge in [0.2, 0.25) is 0 Å². The number of aryl methyl sites for hydroxylation is 1. The van der Waals surface area contributed by atoms with E-state index in [4.69, 9.17) is 0 Å². The molecule has 0 aliphatic heterocycles. The van der Waals surface area contributed by atoms with Crippen LogP contribution < -0.4 is 5.32 Å². The van der Waals surface area contributed by atoms with Crippen LogP contribution in [0.25, 0.3) is 0 Å². The Morgan fingerprint density at radius 2 is 2.05 bits per heavy atom. The Balaban J connectivity index is 1.75. The van der Waals surface area contributed by atoms with Crippen molar-refractivity contribution in [3.05, 3.63) is 29.8 Å². The smallest absolute Gasteiger partial charge is 0.0343 e. The first-order valence-corrected chi connectivity index (χ1v) is 7.67. The van der Waals surface area contributed by atoms with E-state index in [1.807, 2.05) is 0 Å². The van der Waals surface area contributed by atoms with Crippen molar-refractivity contribution in [2.45, 2.75) is 45.6 Å². The largest absolute Gasteiger partial charge is 0.384 e. The first-order chi connectivity index (χ1) is 9.16. The number of hydrogen-bond acceptors (Lipinski definition) is 2. The van der Waals surface area contributed by atoms with Crippen molar-refractivity contribution < 1.29 is 0 Å². The first-order valence-electron chi connectivity index (χ1n) is 7.67. The van der Waals surface area contributed by atoms with E-state index in [1.165, 1.54) is 36.9 Å². The molecule has 1 aliphatic carbocycles. The molecule has 0 amide bonds. The minimum absolute atomic E-state index is 0.785. The van der Waals surface area contributed by atoms with E-state index in [9.17, 15) is 0 Å². The number of nitrogens with one attached hydrogen (secondary N) is 1. The topological polar surface area (TPSA) is 15.3 Å². The van der Waals surface area contributed by atoms with Crippen LogP contribution in [0.2, 0.25) is 0 Å². The fraction of sp³-hybridized carbons (Fsp3) is 0.647. The molecule has 0 spiro atoms. The van der Waals surface area contributed by atoms with Crippen molar-refractivity contribution in [2.24, 2.45) is 5.92 Å². The molecule has 1 fully saturated rings. The Hall–Kier alpha value is -1.02. The summed E-state index contributed by atoms with van der Waals surface area (Å²) in [5.41, 5.74) is 2.56. The number of rotatable bonds is 5. The molecule has 2 heteroatoms. The van der Waals surface area contributed by atoms with Crippen molar-refractivity contribution in [1.82, 2.24) is 4.90 Å². The van der Waals surface area contributed by atoms with E-state index >= 15 is 0 Å². The minimum atomic E-state index is 0.785. The first kappa shape index (κ1) is 14.4. The SMILES string of the molecule is Cc1cccc(NCCN(C)C2CCCCC2C)c1. The maximum absolute atomic E-state index is 3.53. The number of benzene rings is 1. The van der Waals surface area contributed by atoms with E-state index in [0.29, 0.717) is 0 Å². The molecule has 0 bridgehead atoms. The van der Waals surface area contributed by atoms with Gasteiger partial charge >= 0.3 is 0 Å². The molecule has 0 heterocycles. The highest BCUT2D eigenvalue weighted by Crippen LogP contribution is 2.27. The van der Waals surface area contributed by atoms with Gasteiger partial charge in [-0.1, -0.05) is 31.9 Å². The van der Waals surface area contributed by atoms with Gasteiger partial charge in [0.25, 0.3) is 0 Å². The van der Waals surface area contributed by atoms with Gasteiger partial charge in [-0.05, 0) is 50.4 Å². The summed E-state index contributed by atoms with van der Waals surface area (Å²) in [6.45, 7) is 6.71. The zero-order valence-corrected chi connectivity index (χ0v) is 12.7. The van der Waals surface area contributed by atoms with Crippen molar-refractivity contribution in [3.63, 3.8) is 0 Å². The normalized spacial score (nSPS) is 23.6. The van der Waals surface area contributed by atoms with E-state index in [0.717, 1.165) is 25.0 Å². The Morgan fingerprint density at radius 1 is 1.26 bits per heavy atom. The van der Waals surface area contributed by atoms with E-state index in [1.54, 1.807) is 0 Å². The van der Waals surface area contributed by atoms with Crippen LogP contribution in [0.3, 0.4) is 0 Å². The van der Waals surface area contributed by atoms with E-state index in [-0.39, 0.29) is 0 Å². The molecule has 2 unspecified atom stereocenters. The molecular weight excluding hydrogens is 232 g/mol. The van der Waals surface area contributed by atoms with Crippen LogP contribution in [0, 0.1) is 12.8 Å². The molecule has 1 saturated carbocycles. The molecular formula is C17H28N2. The second kappa shape index (κ2) is 6.95. The van der Waals surface area contributed by atoms with Gasteiger partial charge in [-0.15, -0.1) is 0 Å². The third kappa shape index (κ3) is 4.24. The summed E-state index contributed by atoms with van der Waals surface area (Å²) in [5, 5.41) is 3.53. The molecule has 1 aromatic carbocycles. The van der Waals surface area contributed by atoms with Crippen LogP contribution >= 0.6 is 0 Å². The number of anilines is 1. The fourth-order valence-corrected chi connectivity index (χ4v) is 3.25. The average molecular weight is 260 g/mol. The van der Waals surface area contributed by atoms with Crippen LogP contribution in [0.1, 0.15) is 38.2 Å². The molecule has 0 radical (unpaired) electrons. The van der Waals surface area contributed by atoms with Crippen LogP contribution in [-0.2, 0) is 0 Å². The summed E-state index contributed by atoms with van der Waals surface area (Å²) in [6.07, 6.45) is 5.61. The molecule has 1 aliphatic rings. The molecule has 19 heavy (non-hydrogen) atoms. The Bertz CT molecular complexity index is 389. The Kier molecular flexibility index (Phi) is 5.26. The van der Waals surface area contributed by atoms with Gasteiger partial charge in [0.1, 0.15) is 0 Å². The summed E-state index contributed by atoms with van der Waals surface area (Å²) < 4.78 is 0. The maximum Gasteiger partial charge on any atom is 0.0343 e. The van der Waals surface area contributed by atoms with Gasteiger partial charge in [-0.25, -0.2) is 0 Å². The highest BCUT2D eigenvalue weighted by Gasteiger charge is 2.24. The van der Waals surface area contributed by atoms with Crippen molar-refractivity contribution in [2.75, 3.05) is 25.5 Å². The summed E-state index contributed by atoms with van der Waals surface area (Å²) in [7, 11) is 2.28. The van der Waals surface area contributed by atoms with Crippen LogP contribution in [0.5, 0.6) is 0 Å². The van der Waals surface area contributed by atoms with Crippen molar-refractivity contribution in [3.8, 4) is 0 Å². The molecule has 2 nitrogen and oxygen atoms in total. The summed E-state index contributed by atoms with van der Waals surface area (Å²) in [6, 6.07) is 9.40. The average Bonchev–Trinajstić information content (AvgIpc) is 2.39. The van der Waals surface area contributed by atoms with Gasteiger partial charge in [0.15, 0.2) is 0 Å². The molecule has 2 rings (SSSR count). The second-order valence-electron chi connectivity index (χ2n) is 6.11. The number of nitrogens with zero attached hydrogens (tertiary/aromatic N) is 1. The third-order valence-corrected chi connectivity index (χ3v) is 4.44. The minimum Gasteiger partial charge on any atom is -0.384 e. The zero-order valence-electron chi connectivity index (χ0n) is 12.7. The molecule has 106 valence electrons. The number of hydrogen-bond donors (Lipinski definition) is 1. The predicted octanol–water partition coefficient (Wildman–Crippen LogP) is 3.92. The van der Waals surface area contributed by atoms with Gasteiger partial charge in [0, 0.05) is 24.8 Å². The third-order valence-electron chi connectivity index (χ3n) is 4.44. The zero-order chi connectivity index (χ0) is 13.7. The molecule has 0 saturated heterocycles. The van der Waals surface area contributed by atoms with Crippen LogP contribution in [0.4, 0.5) is 5.69 Å². The summed E-state index contributed by atoms with van der Waals surface area (Å²) in [4.78, 5) is 2.55. The van der Waals surface area contributed by atoms with Gasteiger partial charge in [-0.2, -0.15) is 0 Å². The second-order valence-corrected chi connectivity index (χ2v) is 6.11. The van der Waals surface area contributed by atoms with Crippen molar-refractivity contribution >= 4 is 5.69 Å². The summed E-state index contributed by atoms with van der Waals surface area (Å²) >= 11 is 0. The monoisotopic (exact) mass is 260 g/mol. The lowest BCUT2D eigenvalue weighted by Crippen LogP contribution is -2.41. The van der Waals surface area contributed by atoms with Gasteiger partial charge in [0.05, 0.1) is 0 Å². The standard InChI is InChI=1S/C17H28N2/c1-14-7-6-9-16(13-14)18-11-12-19(3)17-10-5-4-8-15(17)2/h6-7,9,13,15,17-18H,4-5,8,10-12H2,1-3H3. The Labute approximate surface area is 118 Å². The lowest BCUT2D eigenvalue weighted by atomic mass is 9.85. The quantitative estimate of drug-likeness (QED) is 0.863. The maximum atomic E-state index is 3.53. The lowest BCUT2D eigenvalue weighted by molar-refractivity contribution is 0.144. The van der Waals surface area contributed by atoms with E-state index in [2.05, 4.69) is 55.4 Å². The highest BCUT2D eigenvalue weighted by molar-refractivity contribution is 5.45.